The summed E-state index contributed by atoms with van der Waals surface area (Å²) < 4.78 is 8.14. The molecule has 0 radical (unpaired) electrons. The molecule has 0 spiro atoms. The molecule has 1 fully saturated rings. The molecule has 0 saturated heterocycles. The van der Waals surface area contributed by atoms with Crippen molar-refractivity contribution in [3.63, 3.8) is 0 Å². The molecule has 4 rings (SSSR count). The highest BCUT2D eigenvalue weighted by Gasteiger charge is 2.24. The zero-order valence-electron chi connectivity index (χ0n) is 18.3. The Hall–Kier alpha value is -2.64. The lowest BCUT2D eigenvalue weighted by atomic mass is 9.89. The largest absolute Gasteiger partial charge is 0.474 e. The topological polar surface area (TPSA) is 89.3 Å². The molecule has 2 aromatic rings. The summed E-state index contributed by atoms with van der Waals surface area (Å²) in [5, 5.41) is 11.4. The molecule has 2 aliphatic rings. The number of aromatic nitrogens is 4. The van der Waals surface area contributed by atoms with Gasteiger partial charge in [0.1, 0.15) is 17.8 Å². The van der Waals surface area contributed by atoms with Gasteiger partial charge in [-0.15, -0.1) is 0 Å². The van der Waals surface area contributed by atoms with Crippen molar-refractivity contribution in [3.05, 3.63) is 35.5 Å². The maximum Gasteiger partial charge on any atom is 0.213 e. The fourth-order valence-electron chi connectivity index (χ4n) is 4.29. The number of pyridine rings is 1. The first kappa shape index (κ1) is 20.6. The number of rotatable bonds is 5. The number of hydrogen-bond donors (Lipinski definition) is 2. The molecule has 1 unspecified atom stereocenters. The van der Waals surface area contributed by atoms with Gasteiger partial charge in [0.05, 0.1) is 6.04 Å². The Bertz CT molecular complexity index is 870. The van der Waals surface area contributed by atoms with Crippen molar-refractivity contribution in [2.75, 3.05) is 7.05 Å². The molecule has 1 aliphatic carbocycles. The van der Waals surface area contributed by atoms with Crippen LogP contribution >= 0.6 is 0 Å². The van der Waals surface area contributed by atoms with Crippen LogP contribution in [-0.4, -0.2) is 38.9 Å². The fraction of sp³-hybridized carbons (Fsp3) is 0.636. The van der Waals surface area contributed by atoms with Gasteiger partial charge in [0.15, 0.2) is 5.96 Å². The Morgan fingerprint density at radius 1 is 1.27 bits per heavy atom. The van der Waals surface area contributed by atoms with Crippen LogP contribution < -0.4 is 15.4 Å². The van der Waals surface area contributed by atoms with Crippen molar-refractivity contribution in [2.24, 2.45) is 10.9 Å². The second-order valence-electron chi connectivity index (χ2n) is 8.51. The van der Waals surface area contributed by atoms with Crippen molar-refractivity contribution in [1.82, 2.24) is 30.4 Å². The Morgan fingerprint density at radius 2 is 2.10 bits per heavy atom. The minimum Gasteiger partial charge on any atom is -0.474 e. The number of nitrogens with one attached hydrogen (secondary N) is 2. The third-order valence-corrected chi connectivity index (χ3v) is 6.02. The number of guanidine groups is 1. The summed E-state index contributed by atoms with van der Waals surface area (Å²) in [6.45, 7) is 5.84. The highest BCUT2D eigenvalue weighted by Crippen LogP contribution is 2.27. The van der Waals surface area contributed by atoms with Crippen molar-refractivity contribution < 1.29 is 4.74 Å². The third kappa shape index (κ3) is 5.09. The first-order chi connectivity index (χ1) is 14.6. The van der Waals surface area contributed by atoms with Gasteiger partial charge in [-0.2, -0.15) is 5.10 Å². The first-order valence-electron chi connectivity index (χ1n) is 11.1. The van der Waals surface area contributed by atoms with Gasteiger partial charge in [0, 0.05) is 32.4 Å². The molecular formula is C22H33N7O. The van der Waals surface area contributed by atoms with Crippen molar-refractivity contribution in [3.8, 4) is 5.88 Å². The Kier molecular flexibility index (Phi) is 6.50. The maximum absolute atomic E-state index is 6.14. The number of hydrogen-bond acceptors (Lipinski definition) is 5. The van der Waals surface area contributed by atoms with Crippen LogP contribution in [0, 0.1) is 12.8 Å². The van der Waals surface area contributed by atoms with E-state index >= 15 is 0 Å². The predicted molar refractivity (Wildman–Crippen MR) is 116 cm³/mol. The lowest BCUT2D eigenvalue weighted by Gasteiger charge is -2.26. The summed E-state index contributed by atoms with van der Waals surface area (Å²) in [5.41, 5.74) is 1.12. The Morgan fingerprint density at radius 3 is 2.90 bits per heavy atom. The van der Waals surface area contributed by atoms with Crippen LogP contribution in [0.15, 0.2) is 23.3 Å². The van der Waals surface area contributed by atoms with Crippen LogP contribution in [0.1, 0.15) is 68.7 Å². The van der Waals surface area contributed by atoms with Gasteiger partial charge in [-0.1, -0.05) is 6.92 Å². The second-order valence-corrected chi connectivity index (χ2v) is 8.51. The molecule has 1 atom stereocenters. The average Bonchev–Trinajstić information content (AvgIpc) is 3.14. The normalized spacial score (nSPS) is 24.2. The van der Waals surface area contributed by atoms with Crippen LogP contribution in [0.2, 0.25) is 0 Å². The number of aryl methyl sites for hydroxylation is 2. The quantitative estimate of drug-likeness (QED) is 0.580. The highest BCUT2D eigenvalue weighted by molar-refractivity contribution is 5.80. The van der Waals surface area contributed by atoms with Crippen LogP contribution in [-0.2, 0) is 13.1 Å². The van der Waals surface area contributed by atoms with Gasteiger partial charge in [0.2, 0.25) is 5.88 Å². The SMILES string of the molecule is CN=C(NCc1ccnc(OC2CCC(C)CC2)c1)NC1CCCn2nc(C)nc21. The number of aliphatic imine (C=N–C) groups is 1. The van der Waals surface area contributed by atoms with E-state index in [1.165, 1.54) is 12.8 Å². The molecule has 2 aromatic heterocycles. The lowest BCUT2D eigenvalue weighted by Crippen LogP contribution is -2.41. The van der Waals surface area contributed by atoms with Crippen LogP contribution in [0.3, 0.4) is 0 Å². The van der Waals surface area contributed by atoms with Gasteiger partial charge in [-0.25, -0.2) is 14.6 Å². The molecule has 1 saturated carbocycles. The van der Waals surface area contributed by atoms with E-state index in [0.29, 0.717) is 18.5 Å². The minimum atomic E-state index is 0.121. The van der Waals surface area contributed by atoms with Gasteiger partial charge < -0.3 is 15.4 Å². The molecule has 8 nitrogen and oxygen atoms in total. The average molecular weight is 412 g/mol. The van der Waals surface area contributed by atoms with Crippen LogP contribution in [0.5, 0.6) is 5.88 Å². The molecule has 0 amide bonds. The molecular weight excluding hydrogens is 378 g/mol. The molecule has 0 aromatic carbocycles. The standard InChI is InChI=1S/C22H33N7O/c1-15-6-8-18(9-7-15)30-20-13-17(10-11-24-20)14-25-22(23-3)27-19-5-4-12-29-21(19)26-16(2)28-29/h10-11,13,15,18-19H,4-9,12,14H2,1-3H3,(H2,23,25,27). The summed E-state index contributed by atoms with van der Waals surface area (Å²) >= 11 is 0. The van der Waals surface area contributed by atoms with E-state index < -0.39 is 0 Å². The minimum absolute atomic E-state index is 0.121. The number of nitrogens with zero attached hydrogens (tertiary/aromatic N) is 5. The van der Waals surface area contributed by atoms with E-state index in [1.807, 2.05) is 29.9 Å². The summed E-state index contributed by atoms with van der Waals surface area (Å²) in [5.74, 6) is 4.10. The highest BCUT2D eigenvalue weighted by atomic mass is 16.5. The van der Waals surface area contributed by atoms with E-state index in [2.05, 4.69) is 37.6 Å². The van der Waals surface area contributed by atoms with Crippen molar-refractivity contribution in [1.29, 1.82) is 0 Å². The van der Waals surface area contributed by atoms with E-state index in [-0.39, 0.29) is 6.04 Å². The van der Waals surface area contributed by atoms with E-state index in [9.17, 15) is 0 Å². The predicted octanol–water partition coefficient (Wildman–Crippen LogP) is 3.14. The van der Waals surface area contributed by atoms with Gasteiger partial charge >= 0.3 is 0 Å². The maximum atomic E-state index is 6.14. The zero-order chi connectivity index (χ0) is 20.9. The summed E-state index contributed by atoms with van der Waals surface area (Å²) in [6.07, 6.45) is 8.92. The molecule has 3 heterocycles. The Balaban J connectivity index is 1.32. The molecule has 8 heteroatoms. The van der Waals surface area contributed by atoms with Gasteiger partial charge in [0.25, 0.3) is 0 Å². The Labute approximate surface area is 178 Å². The molecule has 30 heavy (non-hydrogen) atoms. The fourth-order valence-corrected chi connectivity index (χ4v) is 4.29. The summed E-state index contributed by atoms with van der Waals surface area (Å²) in [7, 11) is 1.79. The van der Waals surface area contributed by atoms with Gasteiger partial charge in [-0.05, 0) is 63.0 Å². The van der Waals surface area contributed by atoms with Crippen LogP contribution in [0.4, 0.5) is 0 Å². The monoisotopic (exact) mass is 411 g/mol. The second kappa shape index (κ2) is 9.45. The zero-order valence-corrected chi connectivity index (χ0v) is 18.3. The number of fused-ring (bicyclic) bond motifs is 1. The van der Waals surface area contributed by atoms with Crippen molar-refractivity contribution >= 4 is 5.96 Å². The summed E-state index contributed by atoms with van der Waals surface area (Å²) in [6, 6.07) is 4.16. The molecule has 2 N–H and O–H groups in total. The number of ether oxygens (including phenoxy) is 1. The molecule has 162 valence electrons. The van der Waals surface area contributed by atoms with E-state index in [4.69, 9.17) is 4.74 Å². The smallest absolute Gasteiger partial charge is 0.213 e. The molecule has 1 aliphatic heterocycles. The summed E-state index contributed by atoms with van der Waals surface area (Å²) in [4.78, 5) is 13.4. The molecule has 0 bridgehead atoms. The van der Waals surface area contributed by atoms with Crippen LogP contribution in [0.25, 0.3) is 0 Å². The van der Waals surface area contributed by atoms with Crippen molar-refractivity contribution in [2.45, 2.75) is 77.6 Å². The van der Waals surface area contributed by atoms with E-state index in [1.54, 1.807) is 7.05 Å². The van der Waals surface area contributed by atoms with E-state index in [0.717, 1.165) is 61.3 Å². The van der Waals surface area contributed by atoms with Gasteiger partial charge in [-0.3, -0.25) is 4.99 Å². The lowest BCUT2D eigenvalue weighted by molar-refractivity contribution is 0.130. The third-order valence-electron chi connectivity index (χ3n) is 6.02. The first-order valence-corrected chi connectivity index (χ1v) is 11.1.